The summed E-state index contributed by atoms with van der Waals surface area (Å²) < 4.78 is 25.4. The average Bonchev–Trinajstić information content (AvgIpc) is 2.29. The van der Waals surface area contributed by atoms with Crippen LogP contribution in [0.5, 0.6) is 11.5 Å². The fourth-order valence-electron chi connectivity index (χ4n) is 1.84. The number of hydrogen-bond acceptors (Lipinski definition) is 3. The molecule has 0 fully saturated rings. The zero-order valence-corrected chi connectivity index (χ0v) is 10.9. The summed E-state index contributed by atoms with van der Waals surface area (Å²) in [6, 6.07) is 1.69. The van der Waals surface area contributed by atoms with Gasteiger partial charge in [-0.1, -0.05) is 22.9 Å². The molecular formula is C12H12BrFO3. The first-order valence-corrected chi connectivity index (χ1v) is 6.15. The van der Waals surface area contributed by atoms with E-state index < -0.39 is 5.82 Å². The molecule has 1 aliphatic heterocycles. The van der Waals surface area contributed by atoms with E-state index in [1.165, 1.54) is 0 Å². The van der Waals surface area contributed by atoms with Crippen LogP contribution in [0.15, 0.2) is 10.5 Å². The third kappa shape index (κ3) is 2.29. The number of carbonyl (C=O) groups excluding carboxylic acids is 1. The first-order valence-electron chi connectivity index (χ1n) is 5.36. The maximum Gasteiger partial charge on any atom is 0.197 e. The van der Waals surface area contributed by atoms with Crippen LogP contribution in [0.4, 0.5) is 4.39 Å². The van der Waals surface area contributed by atoms with Crippen molar-refractivity contribution in [2.75, 3.05) is 13.2 Å². The largest absolute Gasteiger partial charge is 0.486 e. The Bertz CT molecular complexity index is 448. The van der Waals surface area contributed by atoms with Crippen LogP contribution in [-0.2, 0) is 4.79 Å². The minimum absolute atomic E-state index is 0.146. The molecule has 0 aromatic heterocycles. The molecule has 0 bridgehead atoms. The molecule has 5 heteroatoms. The van der Waals surface area contributed by atoms with E-state index in [-0.39, 0.29) is 18.1 Å². The molecule has 1 aliphatic rings. The molecule has 17 heavy (non-hydrogen) atoms. The van der Waals surface area contributed by atoms with Crippen LogP contribution < -0.4 is 9.47 Å². The van der Waals surface area contributed by atoms with E-state index in [2.05, 4.69) is 15.9 Å². The summed E-state index contributed by atoms with van der Waals surface area (Å²) in [7, 11) is 0. The molecule has 2 rings (SSSR count). The molecule has 92 valence electrons. The number of hydrogen-bond donors (Lipinski definition) is 0. The second-order valence-corrected chi connectivity index (χ2v) is 4.77. The molecule has 1 atom stereocenters. The number of ether oxygens (including phenoxy) is 2. The third-order valence-electron chi connectivity index (χ3n) is 2.70. The van der Waals surface area contributed by atoms with Crippen LogP contribution in [0.1, 0.15) is 24.8 Å². The van der Waals surface area contributed by atoms with E-state index in [0.717, 1.165) is 6.29 Å². The van der Waals surface area contributed by atoms with Gasteiger partial charge in [-0.2, -0.15) is 0 Å². The highest BCUT2D eigenvalue weighted by atomic mass is 79.9. The van der Waals surface area contributed by atoms with Crippen LogP contribution in [0.2, 0.25) is 0 Å². The van der Waals surface area contributed by atoms with E-state index in [1.54, 1.807) is 13.0 Å². The molecule has 1 heterocycles. The smallest absolute Gasteiger partial charge is 0.197 e. The van der Waals surface area contributed by atoms with Crippen molar-refractivity contribution in [1.29, 1.82) is 0 Å². The van der Waals surface area contributed by atoms with Crippen LogP contribution in [0.3, 0.4) is 0 Å². The molecular weight excluding hydrogens is 291 g/mol. The van der Waals surface area contributed by atoms with Gasteiger partial charge in [0.1, 0.15) is 19.5 Å². The third-order valence-corrected chi connectivity index (χ3v) is 3.36. The number of aldehydes is 1. The van der Waals surface area contributed by atoms with Crippen LogP contribution >= 0.6 is 15.9 Å². The maximum absolute atomic E-state index is 14.2. The Morgan fingerprint density at radius 3 is 2.94 bits per heavy atom. The van der Waals surface area contributed by atoms with Crippen LogP contribution in [-0.4, -0.2) is 19.5 Å². The van der Waals surface area contributed by atoms with Gasteiger partial charge in [-0.15, -0.1) is 0 Å². The van der Waals surface area contributed by atoms with Gasteiger partial charge >= 0.3 is 0 Å². The number of halogens is 2. The lowest BCUT2D eigenvalue weighted by molar-refractivity contribution is -0.108. The van der Waals surface area contributed by atoms with Crippen LogP contribution in [0, 0.1) is 5.82 Å². The Balaban J connectivity index is 2.48. The van der Waals surface area contributed by atoms with Gasteiger partial charge in [0.15, 0.2) is 17.3 Å². The predicted octanol–water partition coefficient (Wildman–Crippen LogP) is 3.05. The molecule has 0 aliphatic carbocycles. The highest BCUT2D eigenvalue weighted by molar-refractivity contribution is 9.10. The Kier molecular flexibility index (Phi) is 3.66. The van der Waals surface area contributed by atoms with Gasteiger partial charge in [-0.3, -0.25) is 0 Å². The predicted molar refractivity (Wildman–Crippen MR) is 64.2 cm³/mol. The van der Waals surface area contributed by atoms with Crippen molar-refractivity contribution >= 4 is 22.2 Å². The molecule has 0 saturated carbocycles. The van der Waals surface area contributed by atoms with Crippen molar-refractivity contribution in [3.63, 3.8) is 0 Å². The highest BCUT2D eigenvalue weighted by Crippen LogP contribution is 2.42. The van der Waals surface area contributed by atoms with Gasteiger partial charge in [0, 0.05) is 16.5 Å². The Morgan fingerprint density at radius 2 is 2.24 bits per heavy atom. The minimum Gasteiger partial charge on any atom is -0.486 e. The van der Waals surface area contributed by atoms with Gasteiger partial charge in [-0.25, -0.2) is 4.39 Å². The zero-order valence-electron chi connectivity index (χ0n) is 9.33. The van der Waals surface area contributed by atoms with Crippen molar-refractivity contribution in [3.05, 3.63) is 21.9 Å². The quantitative estimate of drug-likeness (QED) is 0.805. The lowest BCUT2D eigenvalue weighted by Crippen LogP contribution is -2.17. The summed E-state index contributed by atoms with van der Waals surface area (Å²) in [5.41, 5.74) is 0.460. The molecule has 0 N–H and O–H groups in total. The van der Waals surface area contributed by atoms with E-state index in [4.69, 9.17) is 9.47 Å². The SMILES string of the molecule is CC(CC=O)c1c(Br)cc2c(c1F)OCCO2. The van der Waals surface area contributed by atoms with Crippen molar-refractivity contribution in [2.24, 2.45) is 0 Å². The monoisotopic (exact) mass is 302 g/mol. The van der Waals surface area contributed by atoms with Crippen molar-refractivity contribution < 1.29 is 18.7 Å². The van der Waals surface area contributed by atoms with Crippen LogP contribution in [0.25, 0.3) is 0 Å². The number of rotatable bonds is 3. The Labute approximate surface area is 107 Å². The lowest BCUT2D eigenvalue weighted by atomic mass is 9.97. The summed E-state index contributed by atoms with van der Waals surface area (Å²) >= 11 is 3.31. The number of carbonyl (C=O) groups is 1. The average molecular weight is 303 g/mol. The topological polar surface area (TPSA) is 35.5 Å². The van der Waals surface area contributed by atoms with Gasteiger partial charge in [0.05, 0.1) is 0 Å². The van der Waals surface area contributed by atoms with E-state index in [0.29, 0.717) is 29.0 Å². The van der Waals surface area contributed by atoms with Gasteiger partial charge in [0.2, 0.25) is 0 Å². The Hall–Kier alpha value is -1.10. The highest BCUT2D eigenvalue weighted by Gasteiger charge is 2.25. The van der Waals surface area contributed by atoms with Gasteiger partial charge in [-0.05, 0) is 12.0 Å². The summed E-state index contributed by atoms with van der Waals surface area (Å²) in [5, 5.41) is 0. The minimum atomic E-state index is -0.441. The fourth-order valence-corrected chi connectivity index (χ4v) is 2.62. The normalized spacial score (nSPS) is 15.5. The van der Waals surface area contributed by atoms with E-state index in [1.807, 2.05) is 0 Å². The molecule has 0 amide bonds. The zero-order chi connectivity index (χ0) is 12.4. The molecule has 0 radical (unpaired) electrons. The van der Waals surface area contributed by atoms with Crippen molar-refractivity contribution in [3.8, 4) is 11.5 Å². The first kappa shape index (κ1) is 12.4. The lowest BCUT2D eigenvalue weighted by Gasteiger charge is -2.22. The van der Waals surface area contributed by atoms with Crippen molar-refractivity contribution in [2.45, 2.75) is 19.3 Å². The molecule has 0 spiro atoms. The molecule has 1 aromatic carbocycles. The van der Waals surface area contributed by atoms with E-state index >= 15 is 0 Å². The standard InChI is InChI=1S/C12H12BrFO3/c1-7(2-3-15)10-8(13)6-9-12(11(10)14)17-5-4-16-9/h3,6-7H,2,4-5H2,1H3. The van der Waals surface area contributed by atoms with E-state index in [9.17, 15) is 9.18 Å². The second-order valence-electron chi connectivity index (χ2n) is 3.91. The summed E-state index contributed by atoms with van der Waals surface area (Å²) in [6.07, 6.45) is 1.06. The molecule has 3 nitrogen and oxygen atoms in total. The molecule has 1 aromatic rings. The summed E-state index contributed by atoms with van der Waals surface area (Å²) in [4.78, 5) is 10.5. The fraction of sp³-hybridized carbons (Fsp3) is 0.417. The summed E-state index contributed by atoms with van der Waals surface area (Å²) in [6.45, 7) is 2.56. The summed E-state index contributed by atoms with van der Waals surface area (Å²) in [5.74, 6) is -0.0870. The second kappa shape index (κ2) is 5.04. The number of benzene rings is 1. The van der Waals surface area contributed by atoms with Crippen molar-refractivity contribution in [1.82, 2.24) is 0 Å². The molecule has 1 unspecified atom stereocenters. The Morgan fingerprint density at radius 1 is 1.53 bits per heavy atom. The van der Waals surface area contributed by atoms with Gasteiger partial charge < -0.3 is 14.3 Å². The molecule has 0 saturated heterocycles. The maximum atomic E-state index is 14.2. The first-order chi connectivity index (χ1) is 8.15. The number of fused-ring (bicyclic) bond motifs is 1. The van der Waals surface area contributed by atoms with Gasteiger partial charge in [0.25, 0.3) is 0 Å².